The summed E-state index contributed by atoms with van der Waals surface area (Å²) in [4.78, 5) is 16.0. The van der Waals surface area contributed by atoms with Crippen molar-refractivity contribution < 1.29 is 18.1 Å². The number of carbonyl (C=O) groups is 1. The molecule has 1 aromatic carbocycles. The number of benzene rings is 1. The van der Waals surface area contributed by atoms with Gasteiger partial charge >= 0.3 is 0 Å². The Bertz CT molecular complexity index is 732. The maximum atomic E-state index is 12.6. The van der Waals surface area contributed by atoms with Gasteiger partial charge in [-0.15, -0.1) is 0 Å². The Morgan fingerprint density at radius 1 is 1.31 bits per heavy atom. The highest BCUT2D eigenvalue weighted by Gasteiger charge is 2.25. The van der Waals surface area contributed by atoms with Gasteiger partial charge in [0.15, 0.2) is 6.54 Å². The third kappa shape index (κ3) is 5.18. The minimum atomic E-state index is -3.83. The summed E-state index contributed by atoms with van der Waals surface area (Å²) in [7, 11) is -3.83. The molecule has 2 atom stereocenters. The molecule has 8 heteroatoms. The van der Waals surface area contributed by atoms with Gasteiger partial charge in [0, 0.05) is 13.1 Å². The molecule has 26 heavy (non-hydrogen) atoms. The lowest BCUT2D eigenvalue weighted by molar-refractivity contribution is -0.920. The molecular weight excluding hydrogens is 352 g/mol. The number of sulfonamides is 1. The average Bonchev–Trinajstić information content (AvgIpc) is 2.58. The summed E-state index contributed by atoms with van der Waals surface area (Å²) in [5.41, 5.74) is 1.30. The predicted molar refractivity (Wildman–Crippen MR) is 104 cm³/mol. The summed E-state index contributed by atoms with van der Waals surface area (Å²) >= 11 is 0. The zero-order valence-corrected chi connectivity index (χ0v) is 16.7. The summed E-state index contributed by atoms with van der Waals surface area (Å²) in [6.45, 7) is 9.09. The molecule has 1 amide bonds. The number of likely N-dealkylation sites (tertiary alicyclic amines) is 1. The van der Waals surface area contributed by atoms with E-state index in [2.05, 4.69) is 17.1 Å². The number of piperidine rings is 1. The van der Waals surface area contributed by atoms with Crippen LogP contribution in [0, 0.1) is 0 Å². The van der Waals surface area contributed by atoms with Crippen molar-refractivity contribution in [3.05, 3.63) is 18.2 Å². The molecule has 4 N–H and O–H groups in total. The van der Waals surface area contributed by atoms with E-state index in [0.717, 1.165) is 38.2 Å². The van der Waals surface area contributed by atoms with Gasteiger partial charge in [0.2, 0.25) is 10.0 Å². The minimum Gasteiger partial charge on any atom is -0.370 e. The first-order chi connectivity index (χ1) is 12.3. The van der Waals surface area contributed by atoms with Crippen LogP contribution in [0.5, 0.6) is 0 Å². The van der Waals surface area contributed by atoms with Crippen LogP contribution >= 0.6 is 0 Å². The van der Waals surface area contributed by atoms with Gasteiger partial charge in [-0.1, -0.05) is 0 Å². The number of hydrogen-bond acceptors (Lipinski definition) is 4. The molecule has 1 unspecified atom stereocenters. The van der Waals surface area contributed by atoms with E-state index in [1.165, 1.54) is 23.5 Å². The third-order valence-electron chi connectivity index (χ3n) is 5.14. The Balaban J connectivity index is 2.25. The normalized spacial score (nSPS) is 20.6. The van der Waals surface area contributed by atoms with E-state index < -0.39 is 10.0 Å². The van der Waals surface area contributed by atoms with Gasteiger partial charge in [0.1, 0.15) is 0 Å². The van der Waals surface area contributed by atoms with Crippen LogP contribution < -0.4 is 20.3 Å². The molecular formula is C18H31N4O3S+. The zero-order valence-electron chi connectivity index (χ0n) is 15.9. The average molecular weight is 384 g/mol. The second-order valence-corrected chi connectivity index (χ2v) is 8.49. The number of carbonyl (C=O) groups excluding carboxylic acids is 1. The largest absolute Gasteiger partial charge is 0.370 e. The summed E-state index contributed by atoms with van der Waals surface area (Å²) < 4.78 is 23.4. The quantitative estimate of drug-likeness (QED) is 0.641. The van der Waals surface area contributed by atoms with Gasteiger partial charge < -0.3 is 15.1 Å². The van der Waals surface area contributed by atoms with Crippen LogP contribution in [0.1, 0.15) is 40.0 Å². The van der Waals surface area contributed by atoms with Crippen molar-refractivity contribution in [3.8, 4) is 0 Å². The maximum Gasteiger partial charge on any atom is 0.279 e. The van der Waals surface area contributed by atoms with Gasteiger partial charge in [0.25, 0.3) is 5.91 Å². The van der Waals surface area contributed by atoms with Gasteiger partial charge in [-0.3, -0.25) is 4.79 Å². The van der Waals surface area contributed by atoms with Crippen LogP contribution in [0.2, 0.25) is 0 Å². The summed E-state index contributed by atoms with van der Waals surface area (Å²) in [5, 5.41) is 8.18. The number of nitrogens with one attached hydrogen (secondary N) is 2. The highest BCUT2D eigenvalue weighted by atomic mass is 32.2. The molecule has 1 saturated heterocycles. The first-order valence-electron chi connectivity index (χ1n) is 9.32. The lowest BCUT2D eigenvalue weighted by Gasteiger charge is -2.30. The van der Waals surface area contributed by atoms with E-state index in [-0.39, 0.29) is 10.8 Å². The second-order valence-electron chi connectivity index (χ2n) is 6.93. The summed E-state index contributed by atoms with van der Waals surface area (Å²) in [5.74, 6) is -0.103. The molecule has 2 rings (SSSR count). The number of quaternary nitrogens is 1. The number of nitrogens with zero attached hydrogens (tertiary/aromatic N) is 1. The first kappa shape index (κ1) is 20.7. The summed E-state index contributed by atoms with van der Waals surface area (Å²) in [6.07, 6.45) is 3.49. The Hall–Kier alpha value is -1.64. The van der Waals surface area contributed by atoms with Crippen LogP contribution in [0.25, 0.3) is 0 Å². The topological polar surface area (TPSA) is 96.9 Å². The van der Waals surface area contributed by atoms with Crippen molar-refractivity contribution >= 4 is 27.3 Å². The molecule has 1 aromatic rings. The molecule has 7 nitrogen and oxygen atoms in total. The molecule has 1 fully saturated rings. The van der Waals surface area contributed by atoms with Crippen LogP contribution in [-0.2, 0) is 14.8 Å². The van der Waals surface area contributed by atoms with Crippen LogP contribution in [0.3, 0.4) is 0 Å². The Labute approximate surface area is 156 Å². The van der Waals surface area contributed by atoms with Crippen LogP contribution in [-0.4, -0.2) is 46.5 Å². The van der Waals surface area contributed by atoms with Crippen molar-refractivity contribution in [1.82, 2.24) is 0 Å². The SMILES string of the molecule is CCN(CC)c1ccc(S(N)(=O)=O)cc1NC(=O)C[NH+]1CCCC[C@H]1C. The Morgan fingerprint density at radius 2 is 2.00 bits per heavy atom. The van der Waals surface area contributed by atoms with Crippen molar-refractivity contribution in [3.63, 3.8) is 0 Å². The van der Waals surface area contributed by atoms with Crippen LogP contribution in [0.15, 0.2) is 23.1 Å². The van der Waals surface area contributed by atoms with E-state index in [1.54, 1.807) is 6.07 Å². The molecule has 0 aromatic heterocycles. The molecule has 0 spiro atoms. The first-order valence-corrected chi connectivity index (χ1v) is 10.9. The number of anilines is 2. The van der Waals surface area contributed by atoms with Gasteiger partial charge in [-0.05, 0) is 58.2 Å². The van der Waals surface area contributed by atoms with Crippen molar-refractivity contribution in [2.24, 2.45) is 5.14 Å². The van der Waals surface area contributed by atoms with E-state index in [4.69, 9.17) is 5.14 Å². The van der Waals surface area contributed by atoms with Gasteiger partial charge in [-0.25, -0.2) is 13.6 Å². The predicted octanol–water partition coefficient (Wildman–Crippen LogP) is 0.576. The number of primary sulfonamides is 1. The Kier molecular flexibility index (Phi) is 7.02. The van der Waals surface area contributed by atoms with Crippen molar-refractivity contribution in [1.29, 1.82) is 0 Å². The molecule has 0 bridgehead atoms. The molecule has 0 aliphatic carbocycles. The molecule has 1 aliphatic rings. The minimum absolute atomic E-state index is 0.00222. The smallest absolute Gasteiger partial charge is 0.279 e. The van der Waals surface area contributed by atoms with E-state index in [9.17, 15) is 13.2 Å². The number of rotatable bonds is 7. The highest BCUT2D eigenvalue weighted by Crippen LogP contribution is 2.28. The number of nitrogens with two attached hydrogens (primary N) is 1. The fraction of sp³-hybridized carbons (Fsp3) is 0.611. The number of amides is 1. The fourth-order valence-electron chi connectivity index (χ4n) is 3.55. The monoisotopic (exact) mass is 383 g/mol. The Morgan fingerprint density at radius 3 is 2.58 bits per heavy atom. The third-order valence-corrected chi connectivity index (χ3v) is 6.06. The van der Waals surface area contributed by atoms with E-state index >= 15 is 0 Å². The van der Waals surface area contributed by atoms with Gasteiger partial charge in [-0.2, -0.15) is 0 Å². The fourth-order valence-corrected chi connectivity index (χ4v) is 4.09. The zero-order chi connectivity index (χ0) is 19.3. The number of hydrogen-bond donors (Lipinski definition) is 3. The molecule has 146 valence electrons. The summed E-state index contributed by atoms with van der Waals surface area (Å²) in [6, 6.07) is 5.11. The second kappa shape index (κ2) is 8.83. The van der Waals surface area contributed by atoms with E-state index in [0.29, 0.717) is 18.3 Å². The highest BCUT2D eigenvalue weighted by molar-refractivity contribution is 7.89. The lowest BCUT2D eigenvalue weighted by atomic mass is 10.0. The lowest BCUT2D eigenvalue weighted by Crippen LogP contribution is -3.17. The van der Waals surface area contributed by atoms with Gasteiger partial charge in [0.05, 0.1) is 28.9 Å². The van der Waals surface area contributed by atoms with Crippen molar-refractivity contribution in [2.75, 3.05) is 36.4 Å². The maximum absolute atomic E-state index is 12.6. The molecule has 0 saturated carbocycles. The molecule has 1 heterocycles. The molecule has 0 radical (unpaired) electrons. The van der Waals surface area contributed by atoms with Crippen LogP contribution in [0.4, 0.5) is 11.4 Å². The standard InChI is InChI=1S/C18H30N4O3S/c1-4-21(5-2)17-10-9-15(26(19,24)25)12-16(17)20-18(23)13-22-11-7-6-8-14(22)3/h9-10,12,14H,4-8,11,13H2,1-3H3,(H,20,23)(H2,19,24,25)/p+1/t14-/m1/s1. The van der Waals surface area contributed by atoms with Crippen molar-refractivity contribution in [2.45, 2.75) is 51.0 Å². The van der Waals surface area contributed by atoms with E-state index in [1.807, 2.05) is 13.8 Å². The molecule has 1 aliphatic heterocycles.